The van der Waals surface area contributed by atoms with E-state index in [-0.39, 0.29) is 12.0 Å². The van der Waals surface area contributed by atoms with Gasteiger partial charge in [-0.15, -0.1) is 0 Å². The quantitative estimate of drug-likeness (QED) is 0.542. The average Bonchev–Trinajstić information content (AvgIpc) is 2.06. The van der Waals surface area contributed by atoms with Crippen LogP contribution in [0.3, 0.4) is 0 Å². The zero-order valence-corrected chi connectivity index (χ0v) is 7.88. The van der Waals surface area contributed by atoms with Crippen LogP contribution in [0.15, 0.2) is 23.1 Å². The van der Waals surface area contributed by atoms with E-state index in [1.54, 1.807) is 0 Å². The van der Waals surface area contributed by atoms with Crippen molar-refractivity contribution >= 4 is 11.8 Å². The van der Waals surface area contributed by atoms with E-state index < -0.39 is 28.0 Å². The minimum atomic E-state index is -4.46. The second kappa shape index (κ2) is 4.21. The van der Waals surface area contributed by atoms with Gasteiger partial charge in [-0.05, 0) is 36.7 Å². The van der Waals surface area contributed by atoms with Crippen LogP contribution in [-0.4, -0.2) is 5.51 Å². The Kier molecular flexibility index (Phi) is 3.42. The molecule has 1 rings (SSSR count). The van der Waals surface area contributed by atoms with Gasteiger partial charge in [0.05, 0.1) is 4.90 Å². The Balaban J connectivity index is 2.98. The van der Waals surface area contributed by atoms with Crippen LogP contribution >= 0.6 is 11.8 Å². The van der Waals surface area contributed by atoms with Crippen LogP contribution in [0.4, 0.5) is 17.6 Å². The molecule has 0 fully saturated rings. The standard InChI is InChI=1S/C9H7F4S/c1-2-6-4-3-5-7(8(6)10)14-9(11,12)13/h3-5H,1-2H2. The number of alkyl halides is 3. The van der Waals surface area contributed by atoms with Crippen LogP contribution in [0.2, 0.25) is 0 Å². The van der Waals surface area contributed by atoms with Crippen molar-refractivity contribution in [3.63, 3.8) is 0 Å². The highest BCUT2D eigenvalue weighted by Crippen LogP contribution is 2.38. The van der Waals surface area contributed by atoms with E-state index in [2.05, 4.69) is 6.92 Å². The molecule has 0 saturated carbocycles. The lowest BCUT2D eigenvalue weighted by molar-refractivity contribution is -0.0329. The van der Waals surface area contributed by atoms with Gasteiger partial charge < -0.3 is 0 Å². The summed E-state index contributed by atoms with van der Waals surface area (Å²) < 4.78 is 49.1. The lowest BCUT2D eigenvalue weighted by atomic mass is 10.2. The molecule has 0 amide bonds. The lowest BCUT2D eigenvalue weighted by Crippen LogP contribution is -2.01. The molecule has 0 aromatic heterocycles. The zero-order valence-electron chi connectivity index (χ0n) is 7.07. The van der Waals surface area contributed by atoms with Gasteiger partial charge >= 0.3 is 5.51 Å². The number of hydrogen-bond acceptors (Lipinski definition) is 1. The first kappa shape index (κ1) is 11.4. The molecule has 1 radical (unpaired) electrons. The first-order chi connectivity index (χ1) is 6.44. The monoisotopic (exact) mass is 223 g/mol. The Morgan fingerprint density at radius 3 is 2.43 bits per heavy atom. The molecule has 0 spiro atoms. The Bertz CT molecular complexity index is 319. The third-order valence-corrected chi connectivity index (χ3v) is 2.30. The summed E-state index contributed by atoms with van der Waals surface area (Å²) in [7, 11) is 0. The second-order valence-electron chi connectivity index (χ2n) is 2.53. The number of hydrogen-bond donors (Lipinski definition) is 0. The smallest absolute Gasteiger partial charge is 0.205 e. The summed E-state index contributed by atoms with van der Waals surface area (Å²) in [5.74, 6) is -0.829. The molecular formula is C9H7F4S. The van der Waals surface area contributed by atoms with Crippen LogP contribution in [0.25, 0.3) is 0 Å². The highest BCUT2D eigenvalue weighted by molar-refractivity contribution is 8.00. The van der Waals surface area contributed by atoms with E-state index in [1.807, 2.05) is 0 Å². The summed E-state index contributed by atoms with van der Waals surface area (Å²) in [6.45, 7) is 3.42. The maximum absolute atomic E-state index is 13.2. The van der Waals surface area contributed by atoms with Gasteiger partial charge in [0, 0.05) is 0 Å². The number of benzene rings is 1. The van der Waals surface area contributed by atoms with Crippen LogP contribution in [0.5, 0.6) is 0 Å². The molecule has 0 heterocycles. The molecule has 0 aliphatic carbocycles. The third kappa shape index (κ3) is 2.90. The van der Waals surface area contributed by atoms with Crippen molar-refractivity contribution in [1.29, 1.82) is 0 Å². The SMILES string of the molecule is [CH2]Cc1cccc(SC(F)(F)F)c1F. The second-order valence-corrected chi connectivity index (χ2v) is 3.63. The predicted octanol–water partition coefficient (Wildman–Crippen LogP) is 3.81. The summed E-state index contributed by atoms with van der Waals surface area (Å²) in [4.78, 5) is -0.404. The predicted molar refractivity (Wildman–Crippen MR) is 47.4 cm³/mol. The van der Waals surface area contributed by atoms with Gasteiger partial charge in [-0.3, -0.25) is 0 Å². The highest BCUT2D eigenvalue weighted by Gasteiger charge is 2.30. The minimum Gasteiger partial charge on any atom is -0.205 e. The summed E-state index contributed by atoms with van der Waals surface area (Å²) in [6.07, 6.45) is 0.137. The molecule has 1 aromatic rings. The molecule has 0 aliphatic rings. The fourth-order valence-electron chi connectivity index (χ4n) is 0.953. The molecule has 0 nitrogen and oxygen atoms in total. The summed E-state index contributed by atoms with van der Waals surface area (Å²) in [6, 6.07) is 3.91. The van der Waals surface area contributed by atoms with Crippen molar-refractivity contribution in [2.75, 3.05) is 0 Å². The topological polar surface area (TPSA) is 0 Å². The first-order valence-electron chi connectivity index (χ1n) is 3.76. The zero-order chi connectivity index (χ0) is 10.8. The molecule has 0 aliphatic heterocycles. The summed E-state index contributed by atoms with van der Waals surface area (Å²) in [5, 5.41) is 0. The largest absolute Gasteiger partial charge is 0.446 e. The molecular weight excluding hydrogens is 216 g/mol. The summed E-state index contributed by atoms with van der Waals surface area (Å²) >= 11 is -0.446. The molecule has 14 heavy (non-hydrogen) atoms. The summed E-state index contributed by atoms with van der Waals surface area (Å²) in [5.41, 5.74) is -4.26. The molecule has 0 unspecified atom stereocenters. The van der Waals surface area contributed by atoms with Gasteiger partial charge in [-0.2, -0.15) is 13.2 Å². The number of thioether (sulfide) groups is 1. The van der Waals surface area contributed by atoms with Crippen molar-refractivity contribution in [3.05, 3.63) is 36.5 Å². The van der Waals surface area contributed by atoms with Crippen LogP contribution < -0.4 is 0 Å². The molecule has 5 heteroatoms. The average molecular weight is 223 g/mol. The normalized spacial score (nSPS) is 11.8. The van der Waals surface area contributed by atoms with Crippen molar-refractivity contribution in [1.82, 2.24) is 0 Å². The van der Waals surface area contributed by atoms with E-state index in [0.29, 0.717) is 0 Å². The van der Waals surface area contributed by atoms with Gasteiger partial charge in [-0.1, -0.05) is 12.1 Å². The maximum Gasteiger partial charge on any atom is 0.446 e. The molecule has 77 valence electrons. The van der Waals surface area contributed by atoms with Gasteiger partial charge in [-0.25, -0.2) is 4.39 Å². The number of rotatable bonds is 2. The third-order valence-electron chi connectivity index (χ3n) is 1.54. The Morgan fingerprint density at radius 2 is 1.93 bits per heavy atom. The van der Waals surface area contributed by atoms with E-state index in [0.717, 1.165) is 6.07 Å². The van der Waals surface area contributed by atoms with Gasteiger partial charge in [0.15, 0.2) is 0 Å². The molecule has 0 N–H and O–H groups in total. The Hall–Kier alpha value is -0.710. The van der Waals surface area contributed by atoms with Crippen LogP contribution in [0.1, 0.15) is 5.56 Å². The fourth-order valence-corrected chi connectivity index (χ4v) is 1.57. The Morgan fingerprint density at radius 1 is 1.29 bits per heavy atom. The maximum atomic E-state index is 13.2. The highest BCUT2D eigenvalue weighted by atomic mass is 32.2. The minimum absolute atomic E-state index is 0.137. The first-order valence-corrected chi connectivity index (χ1v) is 4.58. The number of halogens is 4. The molecule has 0 bridgehead atoms. The van der Waals surface area contributed by atoms with Crippen molar-refractivity contribution in [3.8, 4) is 0 Å². The van der Waals surface area contributed by atoms with E-state index in [4.69, 9.17) is 0 Å². The van der Waals surface area contributed by atoms with Crippen LogP contribution in [-0.2, 0) is 6.42 Å². The van der Waals surface area contributed by atoms with Crippen molar-refractivity contribution < 1.29 is 17.6 Å². The Labute approximate surface area is 83.3 Å². The molecule has 1 aromatic carbocycles. The van der Waals surface area contributed by atoms with E-state index >= 15 is 0 Å². The van der Waals surface area contributed by atoms with Crippen LogP contribution in [0, 0.1) is 12.7 Å². The van der Waals surface area contributed by atoms with E-state index in [9.17, 15) is 17.6 Å². The van der Waals surface area contributed by atoms with Gasteiger partial charge in [0.25, 0.3) is 0 Å². The fraction of sp³-hybridized carbons (Fsp3) is 0.222. The molecule has 0 saturated heterocycles. The van der Waals surface area contributed by atoms with E-state index in [1.165, 1.54) is 12.1 Å². The lowest BCUT2D eigenvalue weighted by Gasteiger charge is -2.08. The molecule has 0 atom stereocenters. The van der Waals surface area contributed by atoms with Gasteiger partial charge in [0.1, 0.15) is 5.82 Å². The van der Waals surface area contributed by atoms with Gasteiger partial charge in [0.2, 0.25) is 0 Å². The van der Waals surface area contributed by atoms with Crippen molar-refractivity contribution in [2.45, 2.75) is 16.8 Å². The van der Waals surface area contributed by atoms with Crippen molar-refractivity contribution in [2.24, 2.45) is 0 Å².